The summed E-state index contributed by atoms with van der Waals surface area (Å²) in [6.07, 6.45) is 3.78. The van der Waals surface area contributed by atoms with Crippen molar-refractivity contribution in [2.24, 2.45) is 0 Å². The molecule has 0 saturated heterocycles. The van der Waals surface area contributed by atoms with Gasteiger partial charge in [0.05, 0.1) is 12.3 Å². The first-order valence-corrected chi connectivity index (χ1v) is 6.19. The lowest BCUT2D eigenvalue weighted by Crippen LogP contribution is -2.17. The summed E-state index contributed by atoms with van der Waals surface area (Å²) in [4.78, 5) is 8.07. The number of nitrogen functional groups attached to an aromatic ring is 1. The summed E-state index contributed by atoms with van der Waals surface area (Å²) in [5.74, 6) is 1.48. The number of anilines is 2. The summed E-state index contributed by atoms with van der Waals surface area (Å²) in [5.41, 5.74) is 5.57. The lowest BCUT2D eigenvalue weighted by Gasteiger charge is -2.14. The lowest BCUT2D eigenvalue weighted by molar-refractivity contribution is 0.0717. The molecule has 1 rings (SSSR count). The van der Waals surface area contributed by atoms with E-state index in [1.54, 1.807) is 13.3 Å². The van der Waals surface area contributed by atoms with Gasteiger partial charge in [-0.1, -0.05) is 13.3 Å². The number of rotatable bonds is 8. The van der Waals surface area contributed by atoms with Crippen molar-refractivity contribution in [1.82, 2.24) is 9.97 Å². The number of nitrogens with two attached hydrogens (primary N) is 1. The molecule has 0 aromatic carbocycles. The number of hydrogen-bond donors (Lipinski definition) is 2. The van der Waals surface area contributed by atoms with Crippen molar-refractivity contribution in [3.63, 3.8) is 0 Å². The average Bonchev–Trinajstić information content (AvgIpc) is 2.37. The molecule has 0 aliphatic rings. The van der Waals surface area contributed by atoms with Crippen LogP contribution in [0.1, 0.15) is 26.7 Å². The minimum absolute atomic E-state index is 0.0195. The summed E-state index contributed by atoms with van der Waals surface area (Å²) < 4.78 is 10.7. The van der Waals surface area contributed by atoms with E-state index in [9.17, 15) is 0 Å². The van der Waals surface area contributed by atoms with Crippen molar-refractivity contribution in [2.75, 3.05) is 31.3 Å². The van der Waals surface area contributed by atoms with E-state index in [4.69, 9.17) is 15.2 Å². The van der Waals surface area contributed by atoms with E-state index < -0.39 is 0 Å². The lowest BCUT2D eigenvalue weighted by atomic mass is 10.3. The largest absolute Gasteiger partial charge is 0.485 e. The Kier molecular flexibility index (Phi) is 6.21. The highest BCUT2D eigenvalue weighted by Crippen LogP contribution is 2.21. The molecule has 18 heavy (non-hydrogen) atoms. The molecule has 102 valence electrons. The number of unbranched alkanes of at least 4 members (excludes halogenated alkanes) is 1. The van der Waals surface area contributed by atoms with Crippen LogP contribution in [0.25, 0.3) is 0 Å². The molecular formula is C12H22N4O2. The predicted molar refractivity (Wildman–Crippen MR) is 71.8 cm³/mol. The maximum Gasteiger partial charge on any atom is 0.222 e. The molecular weight excluding hydrogens is 232 g/mol. The van der Waals surface area contributed by atoms with Gasteiger partial charge in [0.2, 0.25) is 5.95 Å². The second-order valence-electron chi connectivity index (χ2n) is 4.08. The summed E-state index contributed by atoms with van der Waals surface area (Å²) in [5, 5.41) is 3.20. The van der Waals surface area contributed by atoms with Gasteiger partial charge in [-0.2, -0.15) is 4.98 Å². The molecule has 0 bridgehead atoms. The van der Waals surface area contributed by atoms with E-state index >= 15 is 0 Å². The molecule has 3 N–H and O–H groups in total. The third-order valence-corrected chi connectivity index (χ3v) is 2.47. The fraction of sp³-hybridized carbons (Fsp3) is 0.667. The van der Waals surface area contributed by atoms with Gasteiger partial charge in [-0.05, 0) is 13.3 Å². The molecule has 0 fully saturated rings. The summed E-state index contributed by atoms with van der Waals surface area (Å²) in [6.45, 7) is 5.35. The molecule has 1 unspecified atom stereocenters. The zero-order valence-corrected chi connectivity index (χ0v) is 11.3. The van der Waals surface area contributed by atoms with E-state index in [1.165, 1.54) is 0 Å². The average molecular weight is 254 g/mol. The van der Waals surface area contributed by atoms with Crippen molar-refractivity contribution < 1.29 is 9.47 Å². The van der Waals surface area contributed by atoms with E-state index in [-0.39, 0.29) is 12.1 Å². The predicted octanol–water partition coefficient (Wildman–Crippen LogP) is 1.68. The van der Waals surface area contributed by atoms with Crippen LogP contribution in [0.15, 0.2) is 6.20 Å². The molecule has 0 aliphatic heterocycles. The minimum Gasteiger partial charge on any atom is -0.485 e. The van der Waals surface area contributed by atoms with Crippen LogP contribution < -0.4 is 15.8 Å². The number of nitrogens with zero attached hydrogens (tertiary/aromatic N) is 2. The molecule has 6 heteroatoms. The smallest absolute Gasteiger partial charge is 0.222 e. The van der Waals surface area contributed by atoms with Gasteiger partial charge in [0.25, 0.3) is 0 Å². The molecule has 1 heterocycles. The van der Waals surface area contributed by atoms with Gasteiger partial charge < -0.3 is 20.5 Å². The zero-order valence-electron chi connectivity index (χ0n) is 11.3. The molecule has 0 radical (unpaired) electrons. The van der Waals surface area contributed by atoms with Gasteiger partial charge in [0.15, 0.2) is 11.6 Å². The number of nitrogens with one attached hydrogen (secondary N) is 1. The Morgan fingerprint density at radius 3 is 2.94 bits per heavy atom. The van der Waals surface area contributed by atoms with Crippen LogP contribution in [0.4, 0.5) is 11.8 Å². The Morgan fingerprint density at radius 2 is 2.28 bits per heavy atom. The highest BCUT2D eigenvalue weighted by atomic mass is 16.5. The van der Waals surface area contributed by atoms with Crippen LogP contribution in [0.2, 0.25) is 0 Å². The van der Waals surface area contributed by atoms with Gasteiger partial charge in [0, 0.05) is 13.7 Å². The van der Waals surface area contributed by atoms with Crippen LogP contribution >= 0.6 is 0 Å². The summed E-state index contributed by atoms with van der Waals surface area (Å²) in [7, 11) is 1.65. The Labute approximate surface area is 108 Å². The maximum absolute atomic E-state index is 5.61. The first-order valence-electron chi connectivity index (χ1n) is 6.19. The first-order chi connectivity index (χ1) is 8.67. The highest BCUT2D eigenvalue weighted by molar-refractivity contribution is 5.51. The molecule has 1 aromatic rings. The van der Waals surface area contributed by atoms with Crippen LogP contribution in [0.3, 0.4) is 0 Å². The van der Waals surface area contributed by atoms with Crippen molar-refractivity contribution in [3.8, 4) is 5.75 Å². The van der Waals surface area contributed by atoms with Gasteiger partial charge >= 0.3 is 0 Å². The van der Waals surface area contributed by atoms with E-state index in [2.05, 4.69) is 22.2 Å². The monoisotopic (exact) mass is 254 g/mol. The molecule has 1 atom stereocenters. The fourth-order valence-corrected chi connectivity index (χ4v) is 1.28. The number of methoxy groups -OCH3 is 1. The van der Waals surface area contributed by atoms with Crippen LogP contribution in [0.5, 0.6) is 5.75 Å². The number of aromatic nitrogens is 2. The summed E-state index contributed by atoms with van der Waals surface area (Å²) in [6, 6.07) is 0. The number of hydrogen-bond acceptors (Lipinski definition) is 6. The molecule has 1 aromatic heterocycles. The number of ether oxygens (including phenoxy) is 2. The Balaban J connectivity index is 2.63. The second-order valence-corrected chi connectivity index (χ2v) is 4.08. The van der Waals surface area contributed by atoms with Crippen molar-refractivity contribution >= 4 is 11.8 Å². The third kappa shape index (κ3) is 4.75. The topological polar surface area (TPSA) is 82.3 Å². The minimum atomic E-state index is 0.0195. The molecule has 0 spiro atoms. The van der Waals surface area contributed by atoms with E-state index in [0.717, 1.165) is 19.4 Å². The Hall–Kier alpha value is -1.56. The van der Waals surface area contributed by atoms with Gasteiger partial charge in [-0.25, -0.2) is 4.98 Å². The maximum atomic E-state index is 5.61. The van der Waals surface area contributed by atoms with Gasteiger partial charge in [-0.3, -0.25) is 0 Å². The molecule has 6 nitrogen and oxygen atoms in total. The van der Waals surface area contributed by atoms with Gasteiger partial charge in [-0.15, -0.1) is 0 Å². The summed E-state index contributed by atoms with van der Waals surface area (Å²) >= 11 is 0. The Morgan fingerprint density at radius 1 is 1.50 bits per heavy atom. The van der Waals surface area contributed by atoms with Crippen LogP contribution in [-0.2, 0) is 4.74 Å². The van der Waals surface area contributed by atoms with Crippen molar-refractivity contribution in [1.29, 1.82) is 0 Å². The molecule has 0 saturated carbocycles. The third-order valence-electron chi connectivity index (χ3n) is 2.47. The zero-order chi connectivity index (χ0) is 13.4. The first kappa shape index (κ1) is 14.5. The standard InChI is InChI=1S/C12H22N4O2/c1-4-5-6-14-11-10(7-15-12(13)16-11)18-8-9(2)17-3/h7,9H,4-6,8H2,1-3H3,(H3,13,14,15,16). The SMILES string of the molecule is CCCCNc1nc(N)ncc1OCC(C)OC. The van der Waals surface area contributed by atoms with E-state index in [0.29, 0.717) is 18.2 Å². The van der Waals surface area contributed by atoms with E-state index in [1.807, 2.05) is 6.92 Å². The van der Waals surface area contributed by atoms with Crippen molar-refractivity contribution in [3.05, 3.63) is 6.20 Å². The quantitative estimate of drug-likeness (QED) is 0.687. The van der Waals surface area contributed by atoms with Crippen LogP contribution in [-0.4, -0.2) is 36.3 Å². The molecule has 0 aliphatic carbocycles. The highest BCUT2D eigenvalue weighted by Gasteiger charge is 2.08. The normalized spacial score (nSPS) is 12.2. The van der Waals surface area contributed by atoms with Crippen LogP contribution in [0, 0.1) is 0 Å². The van der Waals surface area contributed by atoms with Crippen molar-refractivity contribution in [2.45, 2.75) is 32.8 Å². The van der Waals surface area contributed by atoms with Gasteiger partial charge in [0.1, 0.15) is 6.61 Å². The fourth-order valence-electron chi connectivity index (χ4n) is 1.28. The second kappa shape index (κ2) is 7.71. The molecule has 0 amide bonds. The Bertz CT molecular complexity index is 360.